The van der Waals surface area contributed by atoms with Crippen LogP contribution in [-0.4, -0.2) is 11.8 Å². The molecule has 1 unspecified atom stereocenters. The van der Waals surface area contributed by atoms with Crippen LogP contribution in [0.4, 0.5) is 0 Å². The molecule has 1 atom stereocenters. The highest BCUT2D eigenvalue weighted by Crippen LogP contribution is 2.29. The molecule has 0 heterocycles. The first kappa shape index (κ1) is 10.1. The topological polar surface area (TPSA) is 43.1 Å². The van der Waals surface area contributed by atoms with Crippen LogP contribution >= 0.6 is 0 Å². The van der Waals surface area contributed by atoms with E-state index in [1.807, 2.05) is 12.1 Å². The Morgan fingerprint density at radius 3 is 2.93 bits per heavy atom. The molecule has 0 aliphatic heterocycles. The second-order valence-electron chi connectivity index (χ2n) is 4.01. The van der Waals surface area contributed by atoms with Gasteiger partial charge in [0.1, 0.15) is 5.78 Å². The molecule has 2 nitrogen and oxygen atoms in total. The van der Waals surface area contributed by atoms with Crippen molar-refractivity contribution in [3.8, 4) is 0 Å². The van der Waals surface area contributed by atoms with Crippen LogP contribution in [0.5, 0.6) is 0 Å². The number of Topliss-reactive ketones (excluding diaryl/α,β-unsaturated/α-hetero) is 1. The lowest BCUT2D eigenvalue weighted by molar-refractivity contribution is -0.118. The van der Waals surface area contributed by atoms with Gasteiger partial charge in [0.2, 0.25) is 0 Å². The van der Waals surface area contributed by atoms with E-state index in [1.165, 1.54) is 16.7 Å². The van der Waals surface area contributed by atoms with Crippen molar-refractivity contribution in [1.29, 1.82) is 0 Å². The third-order valence-corrected chi connectivity index (χ3v) is 2.89. The first-order valence-corrected chi connectivity index (χ1v) is 5.22. The Labute approximate surface area is 89.8 Å². The summed E-state index contributed by atoms with van der Waals surface area (Å²) in [6, 6.07) is 7.93. The van der Waals surface area contributed by atoms with Gasteiger partial charge in [-0.25, -0.2) is 0 Å². The average molecular weight is 201 g/mol. The standard InChI is InChI=1S/C13H15NO/c1-9(15)13(14)8-11-7-6-10-4-2-3-5-12(10)11/h2-5,7,13H,6,8,14H2,1H3. The number of hydrogen-bond donors (Lipinski definition) is 1. The molecule has 2 N–H and O–H groups in total. The van der Waals surface area contributed by atoms with Gasteiger partial charge in [0.15, 0.2) is 0 Å². The van der Waals surface area contributed by atoms with Crippen LogP contribution in [0.15, 0.2) is 30.3 Å². The molecule has 2 rings (SSSR count). The molecule has 1 aliphatic carbocycles. The Morgan fingerprint density at radius 1 is 1.47 bits per heavy atom. The molecule has 15 heavy (non-hydrogen) atoms. The highest BCUT2D eigenvalue weighted by atomic mass is 16.1. The van der Waals surface area contributed by atoms with Gasteiger partial charge in [-0.05, 0) is 36.5 Å². The van der Waals surface area contributed by atoms with Crippen LogP contribution in [0, 0.1) is 0 Å². The van der Waals surface area contributed by atoms with Crippen LogP contribution in [0.2, 0.25) is 0 Å². The summed E-state index contributed by atoms with van der Waals surface area (Å²) < 4.78 is 0. The molecule has 0 saturated carbocycles. The molecule has 0 bridgehead atoms. The van der Waals surface area contributed by atoms with Crippen LogP contribution in [0.3, 0.4) is 0 Å². The number of fused-ring (bicyclic) bond motifs is 1. The second kappa shape index (κ2) is 3.99. The summed E-state index contributed by atoms with van der Waals surface area (Å²) in [7, 11) is 0. The second-order valence-corrected chi connectivity index (χ2v) is 4.01. The average Bonchev–Trinajstić information content (AvgIpc) is 2.62. The van der Waals surface area contributed by atoms with Crippen molar-refractivity contribution < 1.29 is 4.79 Å². The molecule has 0 amide bonds. The molecule has 1 aromatic rings. The SMILES string of the molecule is CC(=O)C(N)CC1=CCc2ccccc21. The third kappa shape index (κ3) is 2.00. The number of hydrogen-bond acceptors (Lipinski definition) is 2. The summed E-state index contributed by atoms with van der Waals surface area (Å²) in [6.45, 7) is 1.55. The van der Waals surface area contributed by atoms with E-state index in [1.54, 1.807) is 6.92 Å². The van der Waals surface area contributed by atoms with E-state index in [-0.39, 0.29) is 11.8 Å². The number of nitrogens with two attached hydrogens (primary N) is 1. The van der Waals surface area contributed by atoms with Crippen molar-refractivity contribution in [2.45, 2.75) is 25.8 Å². The van der Waals surface area contributed by atoms with Crippen LogP contribution in [-0.2, 0) is 11.2 Å². The van der Waals surface area contributed by atoms with Crippen LogP contribution in [0.1, 0.15) is 24.5 Å². The van der Waals surface area contributed by atoms with Crippen LogP contribution < -0.4 is 5.73 Å². The summed E-state index contributed by atoms with van der Waals surface area (Å²) in [4.78, 5) is 11.1. The quantitative estimate of drug-likeness (QED) is 0.812. The zero-order valence-electron chi connectivity index (χ0n) is 8.86. The Morgan fingerprint density at radius 2 is 2.20 bits per heavy atom. The molecule has 78 valence electrons. The summed E-state index contributed by atoms with van der Waals surface area (Å²) >= 11 is 0. The minimum absolute atomic E-state index is 0.0558. The van der Waals surface area contributed by atoms with E-state index in [2.05, 4.69) is 18.2 Å². The number of rotatable bonds is 3. The zero-order valence-corrected chi connectivity index (χ0v) is 8.86. The molecule has 1 aliphatic rings. The minimum Gasteiger partial charge on any atom is -0.321 e. The molecule has 0 aromatic heterocycles. The zero-order chi connectivity index (χ0) is 10.8. The molecular weight excluding hydrogens is 186 g/mol. The lowest BCUT2D eigenvalue weighted by Gasteiger charge is -2.10. The molecule has 0 spiro atoms. The third-order valence-electron chi connectivity index (χ3n) is 2.89. The number of allylic oxidation sites excluding steroid dienone is 1. The van der Waals surface area contributed by atoms with Gasteiger partial charge in [0.05, 0.1) is 6.04 Å². The summed E-state index contributed by atoms with van der Waals surface area (Å²) in [6.07, 6.45) is 3.80. The Balaban J connectivity index is 2.17. The summed E-state index contributed by atoms with van der Waals surface area (Å²) in [5, 5.41) is 0. The minimum atomic E-state index is -0.359. The van der Waals surface area contributed by atoms with E-state index >= 15 is 0 Å². The first-order chi connectivity index (χ1) is 7.18. The highest BCUT2D eigenvalue weighted by Gasteiger charge is 2.17. The molecule has 2 heteroatoms. The predicted molar refractivity (Wildman–Crippen MR) is 61.4 cm³/mol. The van der Waals surface area contributed by atoms with Crippen molar-refractivity contribution in [2.75, 3.05) is 0 Å². The van der Waals surface area contributed by atoms with E-state index in [0.29, 0.717) is 6.42 Å². The van der Waals surface area contributed by atoms with Crippen molar-refractivity contribution in [1.82, 2.24) is 0 Å². The number of benzene rings is 1. The highest BCUT2D eigenvalue weighted by molar-refractivity contribution is 5.85. The van der Waals surface area contributed by atoms with Gasteiger partial charge in [-0.1, -0.05) is 30.3 Å². The van der Waals surface area contributed by atoms with Gasteiger partial charge in [-0.3, -0.25) is 4.79 Å². The molecular formula is C13H15NO. The summed E-state index contributed by atoms with van der Waals surface area (Å²) in [5.41, 5.74) is 9.57. The maximum atomic E-state index is 11.1. The van der Waals surface area contributed by atoms with E-state index in [0.717, 1.165) is 6.42 Å². The van der Waals surface area contributed by atoms with Crippen molar-refractivity contribution in [3.63, 3.8) is 0 Å². The first-order valence-electron chi connectivity index (χ1n) is 5.22. The number of carbonyl (C=O) groups is 1. The van der Waals surface area contributed by atoms with Crippen molar-refractivity contribution in [2.24, 2.45) is 5.73 Å². The van der Waals surface area contributed by atoms with Gasteiger partial charge < -0.3 is 5.73 Å². The normalized spacial score (nSPS) is 15.7. The maximum Gasteiger partial charge on any atom is 0.146 e. The van der Waals surface area contributed by atoms with E-state index < -0.39 is 0 Å². The molecule has 0 radical (unpaired) electrons. The van der Waals surface area contributed by atoms with Gasteiger partial charge >= 0.3 is 0 Å². The Bertz CT molecular complexity index is 420. The van der Waals surface area contributed by atoms with E-state index in [9.17, 15) is 4.79 Å². The predicted octanol–water partition coefficient (Wildman–Crippen LogP) is 1.93. The smallest absolute Gasteiger partial charge is 0.146 e. The van der Waals surface area contributed by atoms with E-state index in [4.69, 9.17) is 5.73 Å². The molecule has 1 aromatic carbocycles. The van der Waals surface area contributed by atoms with Gasteiger partial charge in [-0.15, -0.1) is 0 Å². The fourth-order valence-electron chi connectivity index (χ4n) is 1.93. The fraction of sp³-hybridized carbons (Fsp3) is 0.308. The fourth-order valence-corrected chi connectivity index (χ4v) is 1.93. The Kier molecular flexibility index (Phi) is 2.69. The van der Waals surface area contributed by atoms with Crippen molar-refractivity contribution >= 4 is 11.4 Å². The largest absolute Gasteiger partial charge is 0.321 e. The monoisotopic (exact) mass is 201 g/mol. The van der Waals surface area contributed by atoms with Crippen molar-refractivity contribution in [3.05, 3.63) is 41.5 Å². The van der Waals surface area contributed by atoms with Crippen LogP contribution in [0.25, 0.3) is 5.57 Å². The summed E-state index contributed by atoms with van der Waals surface area (Å²) in [5.74, 6) is 0.0558. The van der Waals surface area contributed by atoms with Gasteiger partial charge in [-0.2, -0.15) is 0 Å². The number of ketones is 1. The molecule has 0 saturated heterocycles. The maximum absolute atomic E-state index is 11.1. The van der Waals surface area contributed by atoms with Gasteiger partial charge in [0, 0.05) is 0 Å². The lowest BCUT2D eigenvalue weighted by atomic mass is 9.99. The number of carbonyl (C=O) groups excluding carboxylic acids is 1. The lowest BCUT2D eigenvalue weighted by Crippen LogP contribution is -2.28. The Hall–Kier alpha value is -1.41. The molecule has 0 fully saturated rings. The van der Waals surface area contributed by atoms with Gasteiger partial charge in [0.25, 0.3) is 0 Å².